The van der Waals surface area contributed by atoms with E-state index in [4.69, 9.17) is 10.1 Å². The number of hydrogen-bond donors (Lipinski definition) is 1. The molecule has 86 valence electrons. The van der Waals surface area contributed by atoms with Gasteiger partial charge in [-0.05, 0) is 39.2 Å². The number of ether oxygens (including phenoxy) is 1. The van der Waals surface area contributed by atoms with Crippen LogP contribution < -0.4 is 0 Å². The maximum Gasteiger partial charge on any atom is 0.205 e. The Kier molecular flexibility index (Phi) is 6.76. The first-order valence-electron chi connectivity index (χ1n) is 5.51. The molecule has 0 atom stereocenters. The Bertz CT molecular complexity index is 249. The fourth-order valence-corrected chi connectivity index (χ4v) is 1.30. The van der Waals surface area contributed by atoms with Gasteiger partial charge in [-0.3, -0.25) is 5.41 Å². The van der Waals surface area contributed by atoms with Gasteiger partial charge < -0.3 is 4.74 Å². The molecule has 0 amide bonds. The molecule has 0 aliphatic carbocycles. The zero-order valence-corrected chi connectivity index (χ0v) is 10.5. The lowest BCUT2D eigenvalue weighted by molar-refractivity contribution is 0.228. The summed E-state index contributed by atoms with van der Waals surface area (Å²) >= 11 is 0. The van der Waals surface area contributed by atoms with Gasteiger partial charge in [0.05, 0.1) is 6.10 Å². The number of hydrogen-bond acceptors (Lipinski definition) is 2. The second kappa shape index (κ2) is 7.27. The molecule has 1 N–H and O–H groups in total. The van der Waals surface area contributed by atoms with Gasteiger partial charge in [0.25, 0.3) is 0 Å². The first kappa shape index (κ1) is 13.9. The van der Waals surface area contributed by atoms with Crippen molar-refractivity contribution in [1.82, 2.24) is 0 Å². The van der Waals surface area contributed by atoms with Crippen molar-refractivity contribution in [2.75, 3.05) is 0 Å². The molecule has 0 radical (unpaired) electrons. The van der Waals surface area contributed by atoms with Gasteiger partial charge in [0.2, 0.25) is 5.90 Å². The third kappa shape index (κ3) is 9.26. The summed E-state index contributed by atoms with van der Waals surface area (Å²) in [6.45, 7) is 10.3. The molecule has 0 unspecified atom stereocenters. The summed E-state index contributed by atoms with van der Waals surface area (Å²) in [5.41, 5.74) is 1.33. The van der Waals surface area contributed by atoms with Crippen LogP contribution in [0.1, 0.15) is 41.0 Å². The van der Waals surface area contributed by atoms with Crippen molar-refractivity contribution >= 4 is 5.90 Å². The molecule has 0 heterocycles. The minimum Gasteiger partial charge on any atom is -0.475 e. The lowest BCUT2D eigenvalue weighted by Crippen LogP contribution is -2.07. The van der Waals surface area contributed by atoms with Crippen molar-refractivity contribution in [1.29, 1.82) is 5.41 Å². The van der Waals surface area contributed by atoms with Crippen molar-refractivity contribution in [3.05, 3.63) is 23.8 Å². The van der Waals surface area contributed by atoms with Crippen LogP contribution in [0.3, 0.4) is 0 Å². The van der Waals surface area contributed by atoms with Crippen LogP contribution in [0.15, 0.2) is 23.8 Å². The summed E-state index contributed by atoms with van der Waals surface area (Å²) < 4.78 is 5.18. The molecule has 0 spiro atoms. The summed E-state index contributed by atoms with van der Waals surface area (Å²) in [7, 11) is 0. The summed E-state index contributed by atoms with van der Waals surface area (Å²) in [5, 5.41) is 7.47. The van der Waals surface area contributed by atoms with Gasteiger partial charge in [0.15, 0.2) is 0 Å². The van der Waals surface area contributed by atoms with Crippen LogP contribution in [0.2, 0.25) is 0 Å². The first-order valence-corrected chi connectivity index (χ1v) is 5.51. The summed E-state index contributed by atoms with van der Waals surface area (Å²) in [6.07, 6.45) is 6.77. The standard InChI is InChI=1S/C13H23NO/c1-10(2)9-12(5)7-6-8-13(14)15-11(3)4/h6-8,10-11,14H,9H2,1-5H3/b8-6-,12-7-,14-13?. The van der Waals surface area contributed by atoms with Gasteiger partial charge in [-0.2, -0.15) is 0 Å². The predicted octanol–water partition coefficient (Wildman–Crippen LogP) is 3.94. The molecule has 0 fully saturated rings. The Morgan fingerprint density at radius 1 is 1.27 bits per heavy atom. The van der Waals surface area contributed by atoms with E-state index < -0.39 is 0 Å². The van der Waals surface area contributed by atoms with Gasteiger partial charge in [-0.15, -0.1) is 0 Å². The number of rotatable bonds is 5. The minimum atomic E-state index is 0.0721. The maximum absolute atomic E-state index is 7.47. The molecule has 2 nitrogen and oxygen atoms in total. The third-order valence-corrected chi connectivity index (χ3v) is 1.72. The molecule has 0 saturated carbocycles. The van der Waals surface area contributed by atoms with E-state index in [2.05, 4.69) is 20.8 Å². The van der Waals surface area contributed by atoms with E-state index in [1.54, 1.807) is 6.08 Å². The van der Waals surface area contributed by atoms with Crippen molar-refractivity contribution in [2.24, 2.45) is 5.92 Å². The number of allylic oxidation sites excluding steroid dienone is 3. The van der Waals surface area contributed by atoms with E-state index in [1.165, 1.54) is 5.57 Å². The van der Waals surface area contributed by atoms with Crippen molar-refractivity contribution < 1.29 is 4.74 Å². The lowest BCUT2D eigenvalue weighted by Gasteiger charge is -2.06. The third-order valence-electron chi connectivity index (χ3n) is 1.72. The highest BCUT2D eigenvalue weighted by molar-refractivity contribution is 5.85. The van der Waals surface area contributed by atoms with Crippen molar-refractivity contribution in [3.63, 3.8) is 0 Å². The van der Waals surface area contributed by atoms with E-state index in [9.17, 15) is 0 Å². The van der Waals surface area contributed by atoms with Gasteiger partial charge in [0, 0.05) is 0 Å². The normalized spacial score (nSPS) is 12.9. The Hall–Kier alpha value is -1.05. The van der Waals surface area contributed by atoms with Crippen molar-refractivity contribution in [3.8, 4) is 0 Å². The van der Waals surface area contributed by atoms with Crippen LogP contribution >= 0.6 is 0 Å². The van der Waals surface area contributed by atoms with Gasteiger partial charge in [-0.25, -0.2) is 0 Å². The summed E-state index contributed by atoms with van der Waals surface area (Å²) in [5.74, 6) is 0.902. The second-order valence-electron chi connectivity index (χ2n) is 4.50. The molecule has 0 aromatic heterocycles. The summed E-state index contributed by atoms with van der Waals surface area (Å²) in [6, 6.07) is 0. The molecule has 2 heteroatoms. The molecule has 0 bridgehead atoms. The first-order chi connectivity index (χ1) is 6.91. The van der Waals surface area contributed by atoms with E-state index in [0.29, 0.717) is 5.92 Å². The lowest BCUT2D eigenvalue weighted by atomic mass is 10.0. The highest BCUT2D eigenvalue weighted by Crippen LogP contribution is 2.09. The van der Waals surface area contributed by atoms with Gasteiger partial charge in [-0.1, -0.05) is 31.6 Å². The van der Waals surface area contributed by atoms with E-state index in [0.717, 1.165) is 6.42 Å². The van der Waals surface area contributed by atoms with E-state index >= 15 is 0 Å². The van der Waals surface area contributed by atoms with Gasteiger partial charge in [0.1, 0.15) is 0 Å². The average molecular weight is 209 g/mol. The molecule has 0 rings (SSSR count). The van der Waals surface area contributed by atoms with E-state index in [1.807, 2.05) is 26.0 Å². The van der Waals surface area contributed by atoms with Crippen LogP contribution in [-0.4, -0.2) is 12.0 Å². The highest BCUT2D eigenvalue weighted by atomic mass is 16.5. The van der Waals surface area contributed by atoms with Crippen LogP contribution in [0.5, 0.6) is 0 Å². The Labute approximate surface area is 93.5 Å². The Morgan fingerprint density at radius 2 is 1.87 bits per heavy atom. The fraction of sp³-hybridized carbons (Fsp3) is 0.615. The molecule has 15 heavy (non-hydrogen) atoms. The zero-order chi connectivity index (χ0) is 11.8. The van der Waals surface area contributed by atoms with Crippen LogP contribution in [0, 0.1) is 11.3 Å². The molecule has 0 aromatic rings. The zero-order valence-electron chi connectivity index (χ0n) is 10.5. The molecule has 0 aliphatic rings. The second-order valence-corrected chi connectivity index (χ2v) is 4.50. The predicted molar refractivity (Wildman–Crippen MR) is 66.3 cm³/mol. The molecule has 0 saturated heterocycles. The topological polar surface area (TPSA) is 33.1 Å². The molecule has 0 aliphatic heterocycles. The maximum atomic E-state index is 7.47. The number of nitrogens with one attached hydrogen (secondary N) is 1. The Morgan fingerprint density at radius 3 is 2.33 bits per heavy atom. The molecular weight excluding hydrogens is 186 g/mol. The largest absolute Gasteiger partial charge is 0.475 e. The van der Waals surface area contributed by atoms with Crippen molar-refractivity contribution in [2.45, 2.75) is 47.1 Å². The van der Waals surface area contributed by atoms with Crippen LogP contribution in [0.4, 0.5) is 0 Å². The highest BCUT2D eigenvalue weighted by Gasteiger charge is 1.96. The smallest absolute Gasteiger partial charge is 0.205 e. The fourth-order valence-electron chi connectivity index (χ4n) is 1.30. The monoisotopic (exact) mass is 209 g/mol. The van der Waals surface area contributed by atoms with Gasteiger partial charge >= 0.3 is 0 Å². The van der Waals surface area contributed by atoms with Crippen LogP contribution in [0.25, 0.3) is 0 Å². The summed E-state index contributed by atoms with van der Waals surface area (Å²) in [4.78, 5) is 0. The van der Waals surface area contributed by atoms with E-state index in [-0.39, 0.29) is 12.0 Å². The quantitative estimate of drug-likeness (QED) is 0.415. The SMILES string of the molecule is C/C(=C/C=C\C(=N)OC(C)C)CC(C)C. The van der Waals surface area contributed by atoms with Crippen LogP contribution in [-0.2, 0) is 4.74 Å². The average Bonchev–Trinajstić information content (AvgIpc) is 2.00. The minimum absolute atomic E-state index is 0.0721. The molecular formula is C13H23NO. The molecule has 0 aromatic carbocycles. The Balaban J connectivity index is 4.01.